The summed E-state index contributed by atoms with van der Waals surface area (Å²) in [5.74, 6) is -0.0666. The van der Waals surface area contributed by atoms with E-state index < -0.39 is 6.10 Å². The topological polar surface area (TPSA) is 87.0 Å². The lowest BCUT2D eigenvalue weighted by atomic mass is 10.1. The molecule has 0 aliphatic heterocycles. The lowest BCUT2D eigenvalue weighted by Gasteiger charge is -2.04. The number of rotatable bonds is 16. The van der Waals surface area contributed by atoms with Gasteiger partial charge in [-0.25, -0.2) is 0 Å². The van der Waals surface area contributed by atoms with Gasteiger partial charge in [0.1, 0.15) is 6.10 Å². The number of carbonyl (C=O) groups is 1. The van der Waals surface area contributed by atoms with Crippen LogP contribution in [0.5, 0.6) is 0 Å². The molecule has 0 spiro atoms. The van der Waals surface area contributed by atoms with Gasteiger partial charge in [-0.2, -0.15) is 0 Å². The molecule has 25 heavy (non-hydrogen) atoms. The smallest absolute Gasteiger partial charge is 0.305 e. The van der Waals surface area contributed by atoms with Gasteiger partial charge in [0, 0.05) is 6.42 Å². The second-order valence-electron chi connectivity index (χ2n) is 6.48. The van der Waals surface area contributed by atoms with Gasteiger partial charge in [-0.1, -0.05) is 84.5 Å². The van der Waals surface area contributed by atoms with E-state index in [0.29, 0.717) is 13.0 Å². The summed E-state index contributed by atoms with van der Waals surface area (Å²) in [5, 5.41) is 24.0. The molecule has 5 heteroatoms. The number of unbranched alkanes of at least 4 members (excludes halogenated alkanes) is 11. The van der Waals surface area contributed by atoms with Crippen molar-refractivity contribution in [3.63, 3.8) is 0 Å². The summed E-state index contributed by atoms with van der Waals surface area (Å²) in [6.45, 7) is 3.99. The second kappa shape index (κ2) is 23.4. The predicted octanol–water partition coefficient (Wildman–Crippen LogP) is 3.97. The number of hydrogen-bond donors (Lipinski definition) is 3. The lowest BCUT2D eigenvalue weighted by molar-refractivity contribution is -0.143. The van der Waals surface area contributed by atoms with E-state index in [9.17, 15) is 4.79 Å². The largest absolute Gasteiger partial charge is 0.466 e. The van der Waals surface area contributed by atoms with Gasteiger partial charge in [0.15, 0.2) is 0 Å². The summed E-state index contributed by atoms with van der Waals surface area (Å²) >= 11 is 0. The molecule has 0 saturated heterocycles. The third kappa shape index (κ3) is 25.7. The first-order chi connectivity index (χ1) is 12.1. The Balaban J connectivity index is 0. The zero-order valence-electron chi connectivity index (χ0n) is 16.5. The molecule has 0 amide bonds. The van der Waals surface area contributed by atoms with E-state index in [1.807, 2.05) is 6.92 Å². The Morgan fingerprint density at radius 2 is 1.16 bits per heavy atom. The van der Waals surface area contributed by atoms with Crippen LogP contribution in [-0.4, -0.2) is 47.2 Å². The van der Waals surface area contributed by atoms with Crippen molar-refractivity contribution in [1.29, 1.82) is 0 Å². The SMILES string of the molecule is CCCCCCCCCCCCCCOC(=O)CC.OCC(O)CO. The first-order valence-electron chi connectivity index (χ1n) is 10.2. The van der Waals surface area contributed by atoms with E-state index in [2.05, 4.69) is 6.92 Å². The van der Waals surface area contributed by atoms with Gasteiger partial charge in [-0.15, -0.1) is 0 Å². The summed E-state index contributed by atoms with van der Waals surface area (Å²) in [5.41, 5.74) is 0. The summed E-state index contributed by atoms with van der Waals surface area (Å²) in [6, 6.07) is 0. The van der Waals surface area contributed by atoms with Crippen molar-refractivity contribution in [2.24, 2.45) is 0 Å². The average molecular weight is 363 g/mol. The van der Waals surface area contributed by atoms with Crippen molar-refractivity contribution in [1.82, 2.24) is 0 Å². The van der Waals surface area contributed by atoms with Crippen LogP contribution in [-0.2, 0) is 9.53 Å². The number of aliphatic hydroxyl groups excluding tert-OH is 3. The maximum atomic E-state index is 10.9. The fraction of sp³-hybridized carbons (Fsp3) is 0.950. The fourth-order valence-electron chi connectivity index (χ4n) is 2.29. The molecule has 0 saturated carbocycles. The molecule has 0 heterocycles. The highest BCUT2D eigenvalue weighted by molar-refractivity contribution is 5.68. The Morgan fingerprint density at radius 3 is 1.48 bits per heavy atom. The molecule has 3 N–H and O–H groups in total. The van der Waals surface area contributed by atoms with Crippen molar-refractivity contribution in [2.75, 3.05) is 19.8 Å². The normalized spacial score (nSPS) is 10.5. The van der Waals surface area contributed by atoms with E-state index in [1.54, 1.807) is 0 Å². The first kappa shape index (κ1) is 26.6. The third-order valence-corrected chi connectivity index (χ3v) is 3.97. The number of hydrogen-bond acceptors (Lipinski definition) is 5. The van der Waals surface area contributed by atoms with E-state index in [4.69, 9.17) is 20.1 Å². The fourth-order valence-corrected chi connectivity index (χ4v) is 2.29. The molecule has 152 valence electrons. The highest BCUT2D eigenvalue weighted by Crippen LogP contribution is 2.11. The molecule has 5 nitrogen and oxygen atoms in total. The molecule has 0 radical (unpaired) electrons. The molecular formula is C20H42O5. The van der Waals surface area contributed by atoms with Crippen molar-refractivity contribution in [2.45, 2.75) is 103 Å². The maximum Gasteiger partial charge on any atom is 0.305 e. The van der Waals surface area contributed by atoms with Gasteiger partial charge in [-0.3, -0.25) is 4.79 Å². The third-order valence-electron chi connectivity index (χ3n) is 3.97. The Kier molecular flexibility index (Phi) is 24.8. The quantitative estimate of drug-likeness (QED) is 0.286. The standard InChI is InChI=1S/C17H34O2.C3H8O3/c1-3-5-6-7-8-9-10-11-12-13-14-15-16-19-17(18)4-2;4-1-3(6)2-5/h3-16H2,1-2H3;3-6H,1-2H2. The van der Waals surface area contributed by atoms with Gasteiger partial charge in [0.2, 0.25) is 0 Å². The Labute approximate surface area is 154 Å². The Hall–Kier alpha value is -0.650. The minimum absolute atomic E-state index is 0.0666. The van der Waals surface area contributed by atoms with E-state index in [-0.39, 0.29) is 19.2 Å². The summed E-state index contributed by atoms with van der Waals surface area (Å²) in [4.78, 5) is 10.9. The molecule has 0 fully saturated rings. The summed E-state index contributed by atoms with van der Waals surface area (Å²) < 4.78 is 5.04. The molecule has 0 aromatic heterocycles. The molecule has 0 aliphatic rings. The van der Waals surface area contributed by atoms with Crippen LogP contribution in [0.25, 0.3) is 0 Å². The summed E-state index contributed by atoms with van der Waals surface area (Å²) in [6.07, 6.45) is 15.6. The van der Waals surface area contributed by atoms with Crippen molar-refractivity contribution < 1.29 is 24.9 Å². The second-order valence-corrected chi connectivity index (χ2v) is 6.48. The first-order valence-corrected chi connectivity index (χ1v) is 10.2. The zero-order chi connectivity index (χ0) is 19.2. The van der Waals surface area contributed by atoms with Crippen LogP contribution in [0.15, 0.2) is 0 Å². The van der Waals surface area contributed by atoms with E-state index in [0.717, 1.165) is 6.42 Å². The molecular weight excluding hydrogens is 320 g/mol. The molecule has 0 atom stereocenters. The monoisotopic (exact) mass is 362 g/mol. The Morgan fingerprint density at radius 1 is 0.760 bits per heavy atom. The number of esters is 1. The van der Waals surface area contributed by atoms with Crippen molar-refractivity contribution in [3.8, 4) is 0 Å². The molecule has 0 unspecified atom stereocenters. The predicted molar refractivity (Wildman–Crippen MR) is 103 cm³/mol. The van der Waals surface area contributed by atoms with Gasteiger partial charge >= 0.3 is 5.97 Å². The highest BCUT2D eigenvalue weighted by Gasteiger charge is 1.97. The zero-order valence-corrected chi connectivity index (χ0v) is 16.5. The van der Waals surface area contributed by atoms with Crippen LogP contribution in [0.4, 0.5) is 0 Å². The molecule has 0 aromatic carbocycles. The van der Waals surface area contributed by atoms with Gasteiger partial charge in [-0.05, 0) is 6.42 Å². The molecule has 0 aromatic rings. The lowest BCUT2D eigenvalue weighted by Crippen LogP contribution is -2.15. The number of carbonyl (C=O) groups excluding carboxylic acids is 1. The Bertz CT molecular complexity index is 254. The van der Waals surface area contributed by atoms with Crippen LogP contribution >= 0.6 is 0 Å². The van der Waals surface area contributed by atoms with Gasteiger partial charge in [0.25, 0.3) is 0 Å². The molecule has 0 aliphatic carbocycles. The van der Waals surface area contributed by atoms with E-state index >= 15 is 0 Å². The maximum absolute atomic E-state index is 10.9. The number of ether oxygens (including phenoxy) is 1. The molecule has 0 bridgehead atoms. The van der Waals surface area contributed by atoms with Crippen LogP contribution in [0.1, 0.15) is 97.3 Å². The van der Waals surface area contributed by atoms with Crippen molar-refractivity contribution in [3.05, 3.63) is 0 Å². The average Bonchev–Trinajstić information content (AvgIpc) is 2.65. The van der Waals surface area contributed by atoms with Crippen LogP contribution in [0.2, 0.25) is 0 Å². The van der Waals surface area contributed by atoms with Crippen LogP contribution in [0, 0.1) is 0 Å². The molecule has 0 rings (SSSR count). The van der Waals surface area contributed by atoms with Crippen LogP contribution < -0.4 is 0 Å². The number of aliphatic hydroxyl groups is 3. The minimum Gasteiger partial charge on any atom is -0.466 e. The van der Waals surface area contributed by atoms with E-state index in [1.165, 1.54) is 70.6 Å². The highest BCUT2D eigenvalue weighted by atomic mass is 16.5. The van der Waals surface area contributed by atoms with Crippen LogP contribution in [0.3, 0.4) is 0 Å². The van der Waals surface area contributed by atoms with Crippen molar-refractivity contribution >= 4 is 5.97 Å². The van der Waals surface area contributed by atoms with Gasteiger partial charge < -0.3 is 20.1 Å². The summed E-state index contributed by atoms with van der Waals surface area (Å²) in [7, 11) is 0. The minimum atomic E-state index is -0.954. The van der Waals surface area contributed by atoms with Gasteiger partial charge in [0.05, 0.1) is 19.8 Å².